The normalized spacial score (nSPS) is 25.1. The molecule has 0 heterocycles. The topological polar surface area (TPSA) is 24.5 Å². The summed E-state index contributed by atoms with van der Waals surface area (Å²) in [6.45, 7) is 5.12. The SMILES string of the molecule is CCNC1c2ccccc2CC1N(CCOC)C1CC1. The van der Waals surface area contributed by atoms with Crippen molar-refractivity contribution in [2.45, 2.75) is 44.3 Å². The Balaban J connectivity index is 1.80. The number of nitrogens with one attached hydrogen (secondary N) is 1. The van der Waals surface area contributed by atoms with Crippen molar-refractivity contribution in [2.24, 2.45) is 0 Å². The fraction of sp³-hybridized carbons (Fsp3) is 0.647. The van der Waals surface area contributed by atoms with Gasteiger partial charge in [-0.1, -0.05) is 31.2 Å². The smallest absolute Gasteiger partial charge is 0.0589 e. The third-order valence-electron chi connectivity index (χ3n) is 4.62. The zero-order valence-electron chi connectivity index (χ0n) is 12.6. The Labute approximate surface area is 122 Å². The fourth-order valence-electron chi connectivity index (χ4n) is 3.57. The second-order valence-electron chi connectivity index (χ2n) is 5.97. The van der Waals surface area contributed by atoms with Crippen molar-refractivity contribution in [3.05, 3.63) is 35.4 Å². The van der Waals surface area contributed by atoms with Crippen LogP contribution >= 0.6 is 0 Å². The number of fused-ring (bicyclic) bond motifs is 1. The zero-order chi connectivity index (χ0) is 13.9. The molecular weight excluding hydrogens is 248 g/mol. The van der Waals surface area contributed by atoms with Crippen molar-refractivity contribution in [2.75, 3.05) is 26.8 Å². The molecule has 1 N–H and O–H groups in total. The molecule has 0 aromatic heterocycles. The highest BCUT2D eigenvalue weighted by Gasteiger charge is 2.41. The molecule has 1 aromatic carbocycles. The minimum Gasteiger partial charge on any atom is -0.383 e. The Bertz CT molecular complexity index is 444. The van der Waals surface area contributed by atoms with Gasteiger partial charge in [-0.15, -0.1) is 0 Å². The Morgan fingerprint density at radius 3 is 2.80 bits per heavy atom. The van der Waals surface area contributed by atoms with E-state index in [9.17, 15) is 0 Å². The minimum absolute atomic E-state index is 0.480. The fourth-order valence-corrected chi connectivity index (χ4v) is 3.57. The molecule has 0 aliphatic heterocycles. The summed E-state index contributed by atoms with van der Waals surface area (Å²) in [5, 5.41) is 3.71. The molecule has 1 aromatic rings. The van der Waals surface area contributed by atoms with E-state index in [2.05, 4.69) is 41.4 Å². The maximum Gasteiger partial charge on any atom is 0.0589 e. The summed E-state index contributed by atoms with van der Waals surface area (Å²) in [4.78, 5) is 2.69. The Hall–Kier alpha value is -0.900. The molecule has 2 unspecified atom stereocenters. The van der Waals surface area contributed by atoms with Crippen molar-refractivity contribution < 1.29 is 4.74 Å². The van der Waals surface area contributed by atoms with Gasteiger partial charge in [-0.25, -0.2) is 0 Å². The van der Waals surface area contributed by atoms with Gasteiger partial charge in [0.2, 0.25) is 0 Å². The molecule has 1 fully saturated rings. The maximum atomic E-state index is 5.32. The summed E-state index contributed by atoms with van der Waals surface area (Å²) in [6.07, 6.45) is 3.89. The first-order chi connectivity index (χ1) is 9.85. The van der Waals surface area contributed by atoms with Gasteiger partial charge < -0.3 is 10.1 Å². The lowest BCUT2D eigenvalue weighted by atomic mass is 10.1. The third-order valence-corrected chi connectivity index (χ3v) is 4.62. The lowest BCUT2D eigenvalue weighted by Crippen LogP contribution is -2.45. The molecule has 110 valence electrons. The number of hydrogen-bond donors (Lipinski definition) is 1. The van der Waals surface area contributed by atoms with Gasteiger partial charge in [-0.3, -0.25) is 4.90 Å². The molecular formula is C17H26N2O. The van der Waals surface area contributed by atoms with E-state index in [1.54, 1.807) is 7.11 Å². The van der Waals surface area contributed by atoms with Crippen LogP contribution in [-0.2, 0) is 11.2 Å². The van der Waals surface area contributed by atoms with Gasteiger partial charge in [-0.05, 0) is 36.9 Å². The minimum atomic E-state index is 0.480. The van der Waals surface area contributed by atoms with Crippen LogP contribution in [0.1, 0.15) is 36.9 Å². The second kappa shape index (κ2) is 6.25. The van der Waals surface area contributed by atoms with Crippen LogP contribution in [0.25, 0.3) is 0 Å². The van der Waals surface area contributed by atoms with Gasteiger partial charge in [0.15, 0.2) is 0 Å². The van der Waals surface area contributed by atoms with E-state index >= 15 is 0 Å². The zero-order valence-corrected chi connectivity index (χ0v) is 12.6. The van der Waals surface area contributed by atoms with Crippen LogP contribution in [0.15, 0.2) is 24.3 Å². The summed E-state index contributed by atoms with van der Waals surface area (Å²) in [7, 11) is 1.80. The molecule has 3 rings (SSSR count). The number of ether oxygens (including phenoxy) is 1. The van der Waals surface area contributed by atoms with E-state index in [4.69, 9.17) is 4.74 Å². The summed E-state index contributed by atoms with van der Waals surface area (Å²) < 4.78 is 5.32. The van der Waals surface area contributed by atoms with Crippen molar-refractivity contribution in [3.63, 3.8) is 0 Å². The average Bonchev–Trinajstić information content (AvgIpc) is 3.24. The van der Waals surface area contributed by atoms with Gasteiger partial charge in [0.25, 0.3) is 0 Å². The van der Waals surface area contributed by atoms with E-state index in [1.807, 2.05) is 0 Å². The van der Waals surface area contributed by atoms with Crippen molar-refractivity contribution in [3.8, 4) is 0 Å². The highest BCUT2D eigenvalue weighted by molar-refractivity contribution is 5.37. The van der Waals surface area contributed by atoms with Crippen LogP contribution in [0.2, 0.25) is 0 Å². The monoisotopic (exact) mass is 274 g/mol. The average molecular weight is 274 g/mol. The highest BCUT2D eigenvalue weighted by Crippen LogP contribution is 2.39. The van der Waals surface area contributed by atoms with E-state index in [-0.39, 0.29) is 0 Å². The van der Waals surface area contributed by atoms with E-state index in [0.29, 0.717) is 12.1 Å². The van der Waals surface area contributed by atoms with Crippen molar-refractivity contribution in [1.82, 2.24) is 10.2 Å². The molecule has 3 nitrogen and oxygen atoms in total. The van der Waals surface area contributed by atoms with Gasteiger partial charge in [0.05, 0.1) is 6.61 Å². The Morgan fingerprint density at radius 2 is 2.10 bits per heavy atom. The molecule has 0 saturated heterocycles. The summed E-state index contributed by atoms with van der Waals surface area (Å²) in [5.41, 5.74) is 3.02. The summed E-state index contributed by atoms with van der Waals surface area (Å²) >= 11 is 0. The van der Waals surface area contributed by atoms with Gasteiger partial charge >= 0.3 is 0 Å². The first-order valence-corrected chi connectivity index (χ1v) is 7.91. The van der Waals surface area contributed by atoms with Gasteiger partial charge in [0, 0.05) is 31.8 Å². The number of rotatable bonds is 7. The number of methoxy groups -OCH3 is 1. The van der Waals surface area contributed by atoms with Crippen molar-refractivity contribution in [1.29, 1.82) is 0 Å². The van der Waals surface area contributed by atoms with Crippen LogP contribution in [0.3, 0.4) is 0 Å². The molecule has 0 amide bonds. The van der Waals surface area contributed by atoms with Crippen LogP contribution in [0.4, 0.5) is 0 Å². The maximum absolute atomic E-state index is 5.32. The van der Waals surface area contributed by atoms with Crippen LogP contribution < -0.4 is 5.32 Å². The summed E-state index contributed by atoms with van der Waals surface area (Å²) in [6, 6.07) is 10.8. The highest BCUT2D eigenvalue weighted by atomic mass is 16.5. The third kappa shape index (κ3) is 2.76. The molecule has 20 heavy (non-hydrogen) atoms. The quantitative estimate of drug-likeness (QED) is 0.826. The lowest BCUT2D eigenvalue weighted by molar-refractivity contribution is 0.101. The first-order valence-electron chi connectivity index (χ1n) is 7.91. The van der Waals surface area contributed by atoms with Crippen molar-refractivity contribution >= 4 is 0 Å². The Morgan fingerprint density at radius 1 is 1.30 bits per heavy atom. The molecule has 3 heteroatoms. The molecule has 0 radical (unpaired) electrons. The molecule has 2 aliphatic rings. The number of benzene rings is 1. The predicted octanol–water partition coefficient (Wildman–Crippen LogP) is 2.37. The van der Waals surface area contributed by atoms with Crippen LogP contribution in [-0.4, -0.2) is 43.8 Å². The van der Waals surface area contributed by atoms with Crippen LogP contribution in [0.5, 0.6) is 0 Å². The standard InChI is InChI=1S/C17H26N2O/c1-3-18-17-15-7-5-4-6-13(15)12-16(17)19(10-11-20-2)14-8-9-14/h4-7,14,16-18H,3,8-12H2,1-2H3. The lowest BCUT2D eigenvalue weighted by Gasteiger charge is -2.33. The van der Waals surface area contributed by atoms with E-state index < -0.39 is 0 Å². The summed E-state index contributed by atoms with van der Waals surface area (Å²) in [5.74, 6) is 0. The predicted molar refractivity (Wildman–Crippen MR) is 82.0 cm³/mol. The molecule has 1 saturated carbocycles. The van der Waals surface area contributed by atoms with Gasteiger partial charge in [0.1, 0.15) is 0 Å². The first kappa shape index (κ1) is 14.1. The van der Waals surface area contributed by atoms with Gasteiger partial charge in [-0.2, -0.15) is 0 Å². The largest absolute Gasteiger partial charge is 0.383 e. The number of likely N-dealkylation sites (N-methyl/N-ethyl adjacent to an activating group) is 1. The van der Waals surface area contributed by atoms with E-state index in [0.717, 1.165) is 25.7 Å². The molecule has 0 bridgehead atoms. The van der Waals surface area contributed by atoms with E-state index in [1.165, 1.54) is 30.4 Å². The number of hydrogen-bond acceptors (Lipinski definition) is 3. The van der Waals surface area contributed by atoms with Crippen LogP contribution in [0, 0.1) is 0 Å². The number of nitrogens with zero attached hydrogens (tertiary/aromatic N) is 1. The Kier molecular flexibility index (Phi) is 4.39. The molecule has 2 aliphatic carbocycles. The second-order valence-corrected chi connectivity index (χ2v) is 5.97. The molecule has 0 spiro atoms. The molecule has 2 atom stereocenters.